The first kappa shape index (κ1) is 15.3. The van der Waals surface area contributed by atoms with Crippen LogP contribution in [0.5, 0.6) is 0 Å². The first-order valence-electron chi connectivity index (χ1n) is 7.17. The highest BCUT2D eigenvalue weighted by Crippen LogP contribution is 2.27. The third kappa shape index (κ3) is 4.49. The fourth-order valence-corrected chi connectivity index (χ4v) is 2.83. The molecule has 18 heavy (non-hydrogen) atoms. The van der Waals surface area contributed by atoms with E-state index in [-0.39, 0.29) is 0 Å². The van der Waals surface area contributed by atoms with Crippen molar-refractivity contribution in [3.63, 3.8) is 0 Å². The van der Waals surface area contributed by atoms with E-state index in [4.69, 9.17) is 4.74 Å². The highest BCUT2D eigenvalue weighted by Gasteiger charge is 2.26. The standard InChI is InChI=1S/C16H29NO/c1-6-7-14(4)17(12-13(2)3)15-8-10-16(18-5)11-9-15/h6-7,13,15-16H,1,8-12H2,2-5H3/b14-7+. The summed E-state index contributed by atoms with van der Waals surface area (Å²) in [6, 6.07) is 0.676. The summed E-state index contributed by atoms with van der Waals surface area (Å²) in [5.41, 5.74) is 1.35. The molecule has 2 nitrogen and oxygen atoms in total. The quantitative estimate of drug-likeness (QED) is 0.662. The number of hydrogen-bond donors (Lipinski definition) is 0. The van der Waals surface area contributed by atoms with E-state index in [9.17, 15) is 0 Å². The Morgan fingerprint density at radius 3 is 2.39 bits per heavy atom. The van der Waals surface area contributed by atoms with E-state index in [0.717, 1.165) is 6.54 Å². The van der Waals surface area contributed by atoms with Crippen molar-refractivity contribution < 1.29 is 4.74 Å². The van der Waals surface area contributed by atoms with Gasteiger partial charge in [0, 0.05) is 25.4 Å². The van der Waals surface area contributed by atoms with Gasteiger partial charge in [0.1, 0.15) is 0 Å². The van der Waals surface area contributed by atoms with E-state index < -0.39 is 0 Å². The summed E-state index contributed by atoms with van der Waals surface area (Å²) in [5.74, 6) is 0.693. The fourth-order valence-electron chi connectivity index (χ4n) is 2.83. The van der Waals surface area contributed by atoms with E-state index in [0.29, 0.717) is 18.1 Å². The Hall–Kier alpha value is -0.760. The van der Waals surface area contributed by atoms with E-state index in [1.165, 1.54) is 31.4 Å². The highest BCUT2D eigenvalue weighted by molar-refractivity contribution is 5.08. The van der Waals surface area contributed by atoms with Crippen molar-refractivity contribution in [2.45, 2.75) is 58.6 Å². The minimum Gasteiger partial charge on any atom is -0.381 e. The first-order chi connectivity index (χ1) is 8.58. The summed E-state index contributed by atoms with van der Waals surface area (Å²) in [6.45, 7) is 11.7. The second-order valence-electron chi connectivity index (χ2n) is 5.76. The molecule has 0 radical (unpaired) electrons. The lowest BCUT2D eigenvalue weighted by molar-refractivity contribution is 0.0438. The fraction of sp³-hybridized carbons (Fsp3) is 0.750. The molecule has 0 N–H and O–H groups in total. The summed E-state index contributed by atoms with van der Waals surface area (Å²) in [7, 11) is 1.83. The summed E-state index contributed by atoms with van der Waals surface area (Å²) in [5, 5.41) is 0. The van der Waals surface area contributed by atoms with Gasteiger partial charge in [0.2, 0.25) is 0 Å². The molecule has 0 unspecified atom stereocenters. The van der Waals surface area contributed by atoms with Gasteiger partial charge in [0.05, 0.1) is 6.10 Å². The normalized spacial score (nSPS) is 25.3. The largest absolute Gasteiger partial charge is 0.381 e. The molecule has 1 saturated carbocycles. The van der Waals surface area contributed by atoms with Crippen LogP contribution in [0.15, 0.2) is 24.4 Å². The van der Waals surface area contributed by atoms with Crippen LogP contribution in [0.1, 0.15) is 46.5 Å². The summed E-state index contributed by atoms with van der Waals surface area (Å²) in [4.78, 5) is 2.57. The molecule has 1 aliphatic carbocycles. The van der Waals surface area contributed by atoms with Crippen molar-refractivity contribution in [3.8, 4) is 0 Å². The predicted molar refractivity (Wildman–Crippen MR) is 78.6 cm³/mol. The van der Waals surface area contributed by atoms with Gasteiger partial charge in [-0.05, 0) is 44.6 Å². The lowest BCUT2D eigenvalue weighted by atomic mass is 9.91. The van der Waals surface area contributed by atoms with Gasteiger partial charge in [-0.2, -0.15) is 0 Å². The van der Waals surface area contributed by atoms with E-state index in [1.807, 2.05) is 13.2 Å². The lowest BCUT2D eigenvalue weighted by Gasteiger charge is -2.39. The first-order valence-corrected chi connectivity index (χ1v) is 7.17. The SMILES string of the molecule is C=C/C=C(\C)N(CC(C)C)C1CCC(OC)CC1. The molecule has 1 aliphatic rings. The van der Waals surface area contributed by atoms with Gasteiger partial charge in [-0.1, -0.05) is 26.5 Å². The molecule has 0 aromatic carbocycles. The number of methoxy groups -OCH3 is 1. The molecule has 0 saturated heterocycles. The Morgan fingerprint density at radius 1 is 1.33 bits per heavy atom. The molecule has 2 heteroatoms. The van der Waals surface area contributed by atoms with Crippen LogP contribution >= 0.6 is 0 Å². The van der Waals surface area contributed by atoms with Crippen LogP contribution in [0.4, 0.5) is 0 Å². The minimum atomic E-state index is 0.478. The molecule has 1 fully saturated rings. The summed E-state index contributed by atoms with van der Waals surface area (Å²) >= 11 is 0. The van der Waals surface area contributed by atoms with E-state index in [1.54, 1.807) is 0 Å². The minimum absolute atomic E-state index is 0.478. The molecule has 0 heterocycles. The van der Waals surface area contributed by atoms with Crippen LogP contribution in [-0.4, -0.2) is 30.7 Å². The second-order valence-corrected chi connectivity index (χ2v) is 5.76. The van der Waals surface area contributed by atoms with Crippen molar-refractivity contribution in [2.75, 3.05) is 13.7 Å². The predicted octanol–water partition coefficient (Wildman–Crippen LogP) is 3.99. The van der Waals surface area contributed by atoms with Crippen LogP contribution in [-0.2, 0) is 4.74 Å². The number of ether oxygens (including phenoxy) is 1. The Balaban J connectivity index is 2.66. The number of rotatable bonds is 6. The van der Waals surface area contributed by atoms with Gasteiger partial charge in [-0.15, -0.1) is 0 Å². The number of allylic oxidation sites excluding steroid dienone is 3. The average Bonchev–Trinajstić information content (AvgIpc) is 2.36. The smallest absolute Gasteiger partial charge is 0.0572 e. The monoisotopic (exact) mass is 251 g/mol. The molecule has 0 spiro atoms. The molecule has 0 aromatic rings. The second kappa shape index (κ2) is 7.63. The molecular weight excluding hydrogens is 222 g/mol. The van der Waals surface area contributed by atoms with Gasteiger partial charge in [0.15, 0.2) is 0 Å². The zero-order chi connectivity index (χ0) is 13.5. The summed E-state index contributed by atoms with van der Waals surface area (Å²) in [6.07, 6.45) is 9.37. The van der Waals surface area contributed by atoms with Gasteiger partial charge in [0.25, 0.3) is 0 Å². The number of hydrogen-bond acceptors (Lipinski definition) is 2. The number of nitrogens with zero attached hydrogens (tertiary/aromatic N) is 1. The Bertz CT molecular complexity index is 275. The highest BCUT2D eigenvalue weighted by atomic mass is 16.5. The molecule has 0 aliphatic heterocycles. The molecule has 1 rings (SSSR count). The zero-order valence-corrected chi connectivity index (χ0v) is 12.5. The van der Waals surface area contributed by atoms with E-state index >= 15 is 0 Å². The van der Waals surface area contributed by atoms with Gasteiger partial charge in [-0.25, -0.2) is 0 Å². The zero-order valence-electron chi connectivity index (χ0n) is 12.5. The van der Waals surface area contributed by atoms with Crippen LogP contribution in [0, 0.1) is 5.92 Å². The Labute approximate surface area is 113 Å². The van der Waals surface area contributed by atoms with Crippen LogP contribution < -0.4 is 0 Å². The van der Waals surface area contributed by atoms with Crippen LogP contribution in [0.3, 0.4) is 0 Å². The van der Waals surface area contributed by atoms with Crippen molar-refractivity contribution in [2.24, 2.45) is 5.92 Å². The Morgan fingerprint density at radius 2 is 1.94 bits per heavy atom. The van der Waals surface area contributed by atoms with Crippen LogP contribution in [0.2, 0.25) is 0 Å². The summed E-state index contributed by atoms with van der Waals surface area (Å²) < 4.78 is 5.46. The van der Waals surface area contributed by atoms with Crippen molar-refractivity contribution in [1.82, 2.24) is 4.90 Å². The van der Waals surface area contributed by atoms with Gasteiger partial charge < -0.3 is 9.64 Å². The average molecular weight is 251 g/mol. The van der Waals surface area contributed by atoms with Crippen molar-refractivity contribution in [1.29, 1.82) is 0 Å². The Kier molecular flexibility index (Phi) is 6.48. The van der Waals surface area contributed by atoms with E-state index in [2.05, 4.69) is 38.3 Å². The third-order valence-corrected chi connectivity index (χ3v) is 3.79. The maximum absolute atomic E-state index is 5.46. The van der Waals surface area contributed by atoms with Crippen molar-refractivity contribution in [3.05, 3.63) is 24.4 Å². The molecule has 0 amide bonds. The molecule has 0 atom stereocenters. The maximum atomic E-state index is 5.46. The topological polar surface area (TPSA) is 12.5 Å². The molecule has 104 valence electrons. The van der Waals surface area contributed by atoms with Gasteiger partial charge >= 0.3 is 0 Å². The lowest BCUT2D eigenvalue weighted by Crippen LogP contribution is -2.40. The molecule has 0 bridgehead atoms. The molecule has 0 aromatic heterocycles. The van der Waals surface area contributed by atoms with Gasteiger partial charge in [-0.3, -0.25) is 0 Å². The third-order valence-electron chi connectivity index (χ3n) is 3.79. The maximum Gasteiger partial charge on any atom is 0.0572 e. The van der Waals surface area contributed by atoms with Crippen molar-refractivity contribution >= 4 is 0 Å². The molecular formula is C16H29NO. The van der Waals surface area contributed by atoms with Crippen LogP contribution in [0.25, 0.3) is 0 Å².